The van der Waals surface area contributed by atoms with E-state index < -0.39 is 0 Å². The maximum Gasteiger partial charge on any atom is 0.119 e. The number of benzene rings is 1. The quantitative estimate of drug-likeness (QED) is 0.646. The Morgan fingerprint density at radius 1 is 1.21 bits per heavy atom. The van der Waals surface area contributed by atoms with Crippen LogP contribution < -0.4 is 4.74 Å². The lowest BCUT2D eigenvalue weighted by atomic mass is 10.1. The molecule has 0 saturated heterocycles. The Labute approximate surface area is 124 Å². The zero-order valence-corrected chi connectivity index (χ0v) is 12.9. The molecule has 1 heterocycles. The number of hydrogen-bond donors (Lipinski definition) is 0. The predicted octanol–water partition coefficient (Wildman–Crippen LogP) is 5.43. The Morgan fingerprint density at radius 3 is 2.74 bits per heavy atom. The smallest absolute Gasteiger partial charge is 0.119 e. The van der Waals surface area contributed by atoms with Gasteiger partial charge in [-0.1, -0.05) is 26.0 Å². The molecule has 0 aliphatic heterocycles. The Kier molecular flexibility index (Phi) is 5.29. The third-order valence-electron chi connectivity index (χ3n) is 2.90. The first-order chi connectivity index (χ1) is 9.24. The molecule has 3 heteroatoms. The number of alkyl halides is 1. The van der Waals surface area contributed by atoms with Crippen molar-refractivity contribution < 1.29 is 4.74 Å². The van der Waals surface area contributed by atoms with Crippen LogP contribution in [0.25, 0.3) is 0 Å². The molecule has 0 spiro atoms. The van der Waals surface area contributed by atoms with Gasteiger partial charge in [-0.15, -0.1) is 22.9 Å². The van der Waals surface area contributed by atoms with Crippen molar-refractivity contribution in [3.05, 3.63) is 51.7 Å². The summed E-state index contributed by atoms with van der Waals surface area (Å²) in [6, 6.07) is 12.4. The van der Waals surface area contributed by atoms with Crippen LogP contribution in [-0.2, 0) is 6.42 Å². The van der Waals surface area contributed by atoms with Gasteiger partial charge in [-0.05, 0) is 42.7 Å². The molecule has 2 rings (SSSR count). The van der Waals surface area contributed by atoms with Crippen LogP contribution in [0.15, 0.2) is 36.4 Å². The molecule has 1 atom stereocenters. The van der Waals surface area contributed by atoms with Gasteiger partial charge in [0.1, 0.15) is 5.75 Å². The van der Waals surface area contributed by atoms with Crippen molar-refractivity contribution in [2.24, 2.45) is 0 Å². The van der Waals surface area contributed by atoms with Crippen LogP contribution in [-0.4, -0.2) is 6.61 Å². The van der Waals surface area contributed by atoms with Crippen molar-refractivity contribution in [1.29, 1.82) is 0 Å². The molecular formula is C16H19ClOS. The highest BCUT2D eigenvalue weighted by Gasteiger charge is 2.13. The fourth-order valence-electron chi connectivity index (χ4n) is 1.87. The van der Waals surface area contributed by atoms with Gasteiger partial charge in [-0.25, -0.2) is 0 Å². The largest absolute Gasteiger partial charge is 0.494 e. The third kappa shape index (κ3) is 3.74. The highest BCUT2D eigenvalue weighted by molar-refractivity contribution is 7.12. The van der Waals surface area contributed by atoms with Crippen LogP contribution in [0.5, 0.6) is 5.75 Å². The summed E-state index contributed by atoms with van der Waals surface area (Å²) in [6.07, 6.45) is 2.08. The van der Waals surface area contributed by atoms with E-state index in [1.54, 1.807) is 11.3 Å². The van der Waals surface area contributed by atoms with Gasteiger partial charge in [0.25, 0.3) is 0 Å². The minimum absolute atomic E-state index is 0.0875. The van der Waals surface area contributed by atoms with E-state index in [4.69, 9.17) is 16.3 Å². The second-order valence-corrected chi connectivity index (χ2v) is 6.08. The van der Waals surface area contributed by atoms with Crippen LogP contribution in [0.4, 0.5) is 0 Å². The second kappa shape index (κ2) is 6.97. The highest BCUT2D eigenvalue weighted by atomic mass is 35.5. The van der Waals surface area contributed by atoms with Crippen LogP contribution in [0.1, 0.15) is 41.0 Å². The SMILES string of the molecule is CCCOc1cccc(C(Cl)c2ccc(CC)s2)c1. The Bertz CT molecular complexity index is 521. The lowest BCUT2D eigenvalue weighted by molar-refractivity contribution is 0.317. The van der Waals surface area contributed by atoms with Gasteiger partial charge in [0.05, 0.1) is 12.0 Å². The minimum atomic E-state index is -0.0875. The number of aryl methyl sites for hydroxylation is 1. The lowest BCUT2D eigenvalue weighted by Gasteiger charge is -2.10. The minimum Gasteiger partial charge on any atom is -0.494 e. The third-order valence-corrected chi connectivity index (χ3v) is 4.82. The normalized spacial score (nSPS) is 12.4. The first kappa shape index (κ1) is 14.4. The Morgan fingerprint density at radius 2 is 2.05 bits per heavy atom. The van der Waals surface area contributed by atoms with Crippen LogP contribution in [0.2, 0.25) is 0 Å². The van der Waals surface area contributed by atoms with E-state index in [9.17, 15) is 0 Å². The molecule has 0 radical (unpaired) electrons. The van der Waals surface area contributed by atoms with Crippen LogP contribution in [0, 0.1) is 0 Å². The first-order valence-electron chi connectivity index (χ1n) is 6.70. The van der Waals surface area contributed by atoms with Crippen molar-refractivity contribution >= 4 is 22.9 Å². The Balaban J connectivity index is 2.15. The van der Waals surface area contributed by atoms with Crippen molar-refractivity contribution in [1.82, 2.24) is 0 Å². The van der Waals surface area contributed by atoms with E-state index in [0.29, 0.717) is 0 Å². The predicted molar refractivity (Wildman–Crippen MR) is 83.6 cm³/mol. The highest BCUT2D eigenvalue weighted by Crippen LogP contribution is 2.35. The Hall–Kier alpha value is -0.990. The molecule has 0 N–H and O–H groups in total. The maximum atomic E-state index is 6.56. The molecule has 102 valence electrons. The zero-order valence-electron chi connectivity index (χ0n) is 11.4. The number of hydrogen-bond acceptors (Lipinski definition) is 2. The van der Waals surface area contributed by atoms with E-state index in [1.807, 2.05) is 18.2 Å². The van der Waals surface area contributed by atoms with Gasteiger partial charge in [0.15, 0.2) is 0 Å². The summed E-state index contributed by atoms with van der Waals surface area (Å²) in [5, 5.41) is -0.0875. The first-order valence-corrected chi connectivity index (χ1v) is 7.95. The van der Waals surface area contributed by atoms with Gasteiger partial charge in [-0.3, -0.25) is 0 Å². The van der Waals surface area contributed by atoms with E-state index >= 15 is 0 Å². The van der Waals surface area contributed by atoms with Gasteiger partial charge >= 0.3 is 0 Å². The topological polar surface area (TPSA) is 9.23 Å². The van der Waals surface area contributed by atoms with Gasteiger partial charge in [-0.2, -0.15) is 0 Å². The maximum absolute atomic E-state index is 6.56. The average molecular weight is 295 g/mol. The molecule has 0 fully saturated rings. The molecular weight excluding hydrogens is 276 g/mol. The molecule has 1 nitrogen and oxygen atoms in total. The molecule has 1 aromatic carbocycles. The molecule has 19 heavy (non-hydrogen) atoms. The molecule has 1 aromatic heterocycles. The van der Waals surface area contributed by atoms with Crippen LogP contribution >= 0.6 is 22.9 Å². The zero-order chi connectivity index (χ0) is 13.7. The van der Waals surface area contributed by atoms with Crippen molar-refractivity contribution in [3.8, 4) is 5.75 Å². The summed E-state index contributed by atoms with van der Waals surface area (Å²) in [5.41, 5.74) is 1.10. The van der Waals surface area contributed by atoms with Crippen molar-refractivity contribution in [3.63, 3.8) is 0 Å². The summed E-state index contributed by atoms with van der Waals surface area (Å²) in [4.78, 5) is 2.57. The standard InChI is InChI=1S/C16H19ClOS/c1-3-10-18-13-7-5-6-12(11-13)16(17)15-9-8-14(4-2)19-15/h5-9,11,16H,3-4,10H2,1-2H3. The fraction of sp³-hybridized carbons (Fsp3) is 0.375. The van der Waals surface area contributed by atoms with E-state index in [1.165, 1.54) is 9.75 Å². The molecule has 2 aromatic rings. The van der Waals surface area contributed by atoms with E-state index in [-0.39, 0.29) is 5.38 Å². The van der Waals surface area contributed by atoms with Gasteiger partial charge < -0.3 is 4.74 Å². The van der Waals surface area contributed by atoms with Gasteiger partial charge in [0, 0.05) is 9.75 Å². The average Bonchev–Trinajstić information content (AvgIpc) is 2.93. The summed E-state index contributed by atoms with van der Waals surface area (Å²) in [5.74, 6) is 0.900. The lowest BCUT2D eigenvalue weighted by Crippen LogP contribution is -1.96. The molecule has 0 bridgehead atoms. The van der Waals surface area contributed by atoms with Gasteiger partial charge in [0.2, 0.25) is 0 Å². The van der Waals surface area contributed by atoms with Crippen LogP contribution in [0.3, 0.4) is 0 Å². The molecule has 0 aliphatic carbocycles. The summed E-state index contributed by atoms with van der Waals surface area (Å²) in [6.45, 7) is 5.01. The molecule has 1 unspecified atom stereocenters. The van der Waals surface area contributed by atoms with E-state index in [2.05, 4.69) is 32.0 Å². The summed E-state index contributed by atoms with van der Waals surface area (Å²) in [7, 11) is 0. The molecule has 0 amide bonds. The van der Waals surface area contributed by atoms with E-state index in [0.717, 1.165) is 30.8 Å². The number of rotatable bonds is 6. The second-order valence-electron chi connectivity index (χ2n) is 4.44. The number of halogens is 1. The number of thiophene rings is 1. The monoisotopic (exact) mass is 294 g/mol. The summed E-state index contributed by atoms with van der Waals surface area (Å²) < 4.78 is 5.65. The molecule has 0 saturated carbocycles. The number of ether oxygens (including phenoxy) is 1. The summed E-state index contributed by atoms with van der Waals surface area (Å²) >= 11 is 8.35. The fourth-order valence-corrected chi connectivity index (χ4v) is 3.17. The molecule has 0 aliphatic rings. The van der Waals surface area contributed by atoms with Crippen molar-refractivity contribution in [2.45, 2.75) is 32.1 Å². The van der Waals surface area contributed by atoms with Crippen molar-refractivity contribution in [2.75, 3.05) is 6.61 Å².